The van der Waals surface area contributed by atoms with Crippen molar-refractivity contribution in [2.24, 2.45) is 0 Å². The minimum Gasteiger partial charge on any atom is -0.382 e. The number of aromatic nitrogens is 2. The average Bonchev–Trinajstić information content (AvgIpc) is 2.76. The Morgan fingerprint density at radius 1 is 1.53 bits per heavy atom. The van der Waals surface area contributed by atoms with E-state index in [0.29, 0.717) is 11.9 Å². The van der Waals surface area contributed by atoms with Crippen LogP contribution in [-0.2, 0) is 0 Å². The fraction of sp³-hybridized carbons (Fsp3) is 0.667. The van der Waals surface area contributed by atoms with Gasteiger partial charge in [-0.1, -0.05) is 6.92 Å². The first-order chi connectivity index (χ1) is 8.20. The second-order valence-electron chi connectivity index (χ2n) is 4.61. The van der Waals surface area contributed by atoms with Gasteiger partial charge in [0.1, 0.15) is 11.6 Å². The number of hydrogen-bond donors (Lipinski definition) is 1. The van der Waals surface area contributed by atoms with Gasteiger partial charge in [0.25, 0.3) is 0 Å². The topological polar surface area (TPSA) is 58.3 Å². The van der Waals surface area contributed by atoms with E-state index < -0.39 is 0 Å². The molecular weight excluding hydrogens is 214 g/mol. The highest BCUT2D eigenvalue weighted by Gasteiger charge is 2.24. The zero-order chi connectivity index (χ0) is 12.3. The van der Waals surface area contributed by atoms with Gasteiger partial charge in [-0.05, 0) is 25.9 Å². The molecule has 5 heteroatoms. The van der Waals surface area contributed by atoms with E-state index in [2.05, 4.69) is 33.7 Å². The van der Waals surface area contributed by atoms with Crippen molar-refractivity contribution in [2.45, 2.75) is 25.8 Å². The molecular formula is C12H21N5. The van der Waals surface area contributed by atoms with Crippen molar-refractivity contribution in [3.8, 4) is 0 Å². The van der Waals surface area contributed by atoms with Crippen LogP contribution in [0.5, 0.6) is 0 Å². The summed E-state index contributed by atoms with van der Waals surface area (Å²) < 4.78 is 0. The Balaban J connectivity index is 1.99. The third-order valence-corrected chi connectivity index (χ3v) is 3.42. The molecule has 2 N–H and O–H groups in total. The SMILES string of the molecule is CCN1CCCC1CN(C)c1cncc(N)n1. The van der Waals surface area contributed by atoms with Gasteiger partial charge >= 0.3 is 0 Å². The van der Waals surface area contributed by atoms with E-state index in [1.54, 1.807) is 12.4 Å². The van der Waals surface area contributed by atoms with Crippen molar-refractivity contribution in [1.82, 2.24) is 14.9 Å². The lowest BCUT2D eigenvalue weighted by atomic mass is 10.2. The standard InChI is InChI=1S/C12H21N5/c1-3-17-6-4-5-10(17)9-16(2)12-8-14-7-11(13)15-12/h7-8,10H,3-6,9H2,1-2H3,(H2,13,15). The Morgan fingerprint density at radius 2 is 2.35 bits per heavy atom. The highest BCUT2D eigenvalue weighted by molar-refractivity contribution is 5.40. The van der Waals surface area contributed by atoms with Gasteiger partial charge in [-0.15, -0.1) is 0 Å². The molecule has 17 heavy (non-hydrogen) atoms. The Bertz CT molecular complexity index is 368. The summed E-state index contributed by atoms with van der Waals surface area (Å²) >= 11 is 0. The largest absolute Gasteiger partial charge is 0.382 e. The summed E-state index contributed by atoms with van der Waals surface area (Å²) in [6, 6.07) is 0.633. The molecule has 2 heterocycles. The molecule has 0 aliphatic carbocycles. The summed E-state index contributed by atoms with van der Waals surface area (Å²) in [5, 5.41) is 0. The number of rotatable bonds is 4. The van der Waals surface area contributed by atoms with E-state index in [4.69, 9.17) is 5.73 Å². The zero-order valence-electron chi connectivity index (χ0n) is 10.6. The Labute approximate surface area is 103 Å². The minimum atomic E-state index is 0.480. The van der Waals surface area contributed by atoms with Crippen molar-refractivity contribution in [2.75, 3.05) is 37.3 Å². The number of likely N-dealkylation sites (tertiary alicyclic amines) is 1. The van der Waals surface area contributed by atoms with Crippen molar-refractivity contribution >= 4 is 11.6 Å². The fourth-order valence-electron chi connectivity index (χ4n) is 2.48. The number of nitrogens with two attached hydrogens (primary N) is 1. The predicted molar refractivity (Wildman–Crippen MR) is 70.0 cm³/mol. The molecule has 94 valence electrons. The molecule has 1 aromatic heterocycles. The lowest BCUT2D eigenvalue weighted by Gasteiger charge is -2.28. The van der Waals surface area contributed by atoms with Crippen LogP contribution in [0.2, 0.25) is 0 Å². The Hall–Kier alpha value is -1.36. The van der Waals surface area contributed by atoms with Crippen molar-refractivity contribution < 1.29 is 0 Å². The van der Waals surface area contributed by atoms with E-state index >= 15 is 0 Å². The van der Waals surface area contributed by atoms with Crippen LogP contribution in [0.15, 0.2) is 12.4 Å². The third kappa shape index (κ3) is 2.85. The third-order valence-electron chi connectivity index (χ3n) is 3.42. The number of hydrogen-bond acceptors (Lipinski definition) is 5. The Kier molecular flexibility index (Phi) is 3.78. The molecule has 0 aromatic carbocycles. The second kappa shape index (κ2) is 5.31. The van der Waals surface area contributed by atoms with Gasteiger partial charge in [0.15, 0.2) is 0 Å². The monoisotopic (exact) mass is 235 g/mol. The first-order valence-corrected chi connectivity index (χ1v) is 6.23. The van der Waals surface area contributed by atoms with Crippen molar-refractivity contribution in [1.29, 1.82) is 0 Å². The van der Waals surface area contributed by atoms with Gasteiger partial charge in [-0.25, -0.2) is 4.98 Å². The molecule has 0 amide bonds. The molecule has 0 spiro atoms. The maximum atomic E-state index is 5.65. The van der Waals surface area contributed by atoms with Crippen LogP contribution in [0.4, 0.5) is 11.6 Å². The molecule has 1 fully saturated rings. The van der Waals surface area contributed by atoms with Gasteiger partial charge in [-0.2, -0.15) is 0 Å². The summed E-state index contributed by atoms with van der Waals surface area (Å²) in [6.45, 7) is 5.56. The zero-order valence-corrected chi connectivity index (χ0v) is 10.6. The minimum absolute atomic E-state index is 0.480. The maximum absolute atomic E-state index is 5.65. The van der Waals surface area contributed by atoms with Crippen LogP contribution in [0.1, 0.15) is 19.8 Å². The maximum Gasteiger partial charge on any atom is 0.149 e. The molecule has 1 aromatic rings. The summed E-state index contributed by atoms with van der Waals surface area (Å²) in [5.41, 5.74) is 5.65. The highest BCUT2D eigenvalue weighted by atomic mass is 15.2. The molecule has 1 aliphatic rings. The van der Waals surface area contributed by atoms with E-state index in [1.807, 2.05) is 0 Å². The fourth-order valence-corrected chi connectivity index (χ4v) is 2.48. The molecule has 5 nitrogen and oxygen atoms in total. The molecule has 0 bridgehead atoms. The van der Waals surface area contributed by atoms with E-state index in [1.165, 1.54) is 19.4 Å². The number of nitrogens with zero attached hydrogens (tertiary/aromatic N) is 4. The highest BCUT2D eigenvalue weighted by Crippen LogP contribution is 2.19. The molecule has 0 saturated carbocycles. The number of likely N-dealkylation sites (N-methyl/N-ethyl adjacent to an activating group) is 2. The summed E-state index contributed by atoms with van der Waals surface area (Å²) in [6.07, 6.45) is 5.91. The lowest BCUT2D eigenvalue weighted by molar-refractivity contribution is 0.270. The number of nitrogen functional groups attached to an aromatic ring is 1. The van der Waals surface area contributed by atoms with Crippen molar-refractivity contribution in [3.63, 3.8) is 0 Å². The van der Waals surface area contributed by atoms with Crippen LogP contribution in [0, 0.1) is 0 Å². The molecule has 1 atom stereocenters. The average molecular weight is 235 g/mol. The first-order valence-electron chi connectivity index (χ1n) is 6.23. The molecule has 0 radical (unpaired) electrons. The number of anilines is 2. The van der Waals surface area contributed by atoms with Gasteiger partial charge in [-0.3, -0.25) is 9.88 Å². The first kappa shape index (κ1) is 12.1. The van der Waals surface area contributed by atoms with Crippen LogP contribution in [-0.4, -0.2) is 47.6 Å². The van der Waals surface area contributed by atoms with Crippen molar-refractivity contribution in [3.05, 3.63) is 12.4 Å². The quantitative estimate of drug-likeness (QED) is 0.843. The molecule has 1 saturated heterocycles. The summed E-state index contributed by atoms with van der Waals surface area (Å²) in [5.74, 6) is 1.33. The van der Waals surface area contributed by atoms with Gasteiger partial charge in [0, 0.05) is 19.6 Å². The second-order valence-corrected chi connectivity index (χ2v) is 4.61. The smallest absolute Gasteiger partial charge is 0.149 e. The normalized spacial score (nSPS) is 20.7. The predicted octanol–water partition coefficient (Wildman–Crippen LogP) is 0.979. The van der Waals surface area contributed by atoms with Gasteiger partial charge in [0.05, 0.1) is 12.4 Å². The van der Waals surface area contributed by atoms with Crippen LogP contribution < -0.4 is 10.6 Å². The molecule has 2 rings (SSSR count). The van der Waals surface area contributed by atoms with Gasteiger partial charge in [0.2, 0.25) is 0 Å². The Morgan fingerprint density at radius 3 is 3.06 bits per heavy atom. The van der Waals surface area contributed by atoms with Crippen LogP contribution in [0.3, 0.4) is 0 Å². The van der Waals surface area contributed by atoms with E-state index in [9.17, 15) is 0 Å². The van der Waals surface area contributed by atoms with E-state index in [0.717, 1.165) is 18.9 Å². The molecule has 1 unspecified atom stereocenters. The van der Waals surface area contributed by atoms with E-state index in [-0.39, 0.29) is 0 Å². The lowest BCUT2D eigenvalue weighted by Crippen LogP contribution is -2.39. The summed E-state index contributed by atoms with van der Waals surface area (Å²) in [4.78, 5) is 13.0. The summed E-state index contributed by atoms with van der Waals surface area (Å²) in [7, 11) is 2.05. The molecule has 1 aliphatic heterocycles. The van der Waals surface area contributed by atoms with Gasteiger partial charge < -0.3 is 10.6 Å². The van der Waals surface area contributed by atoms with Crippen LogP contribution in [0.25, 0.3) is 0 Å². The van der Waals surface area contributed by atoms with Crippen LogP contribution >= 0.6 is 0 Å².